The van der Waals surface area contributed by atoms with Gasteiger partial charge in [0.1, 0.15) is 6.61 Å². The summed E-state index contributed by atoms with van der Waals surface area (Å²) in [6, 6.07) is 6.96. The van der Waals surface area contributed by atoms with E-state index in [-0.39, 0.29) is 55.6 Å². The van der Waals surface area contributed by atoms with Crippen molar-refractivity contribution in [3.63, 3.8) is 0 Å². The van der Waals surface area contributed by atoms with Crippen LogP contribution in [-0.4, -0.2) is 81.5 Å². The fourth-order valence-electron chi connectivity index (χ4n) is 4.98. The zero-order valence-corrected chi connectivity index (χ0v) is 26.6. The molecule has 1 atom stereocenters. The van der Waals surface area contributed by atoms with Crippen molar-refractivity contribution in [3.8, 4) is 0 Å². The molecule has 0 unspecified atom stereocenters. The van der Waals surface area contributed by atoms with Gasteiger partial charge in [0.25, 0.3) is 0 Å². The average molecular weight is 623 g/mol. The summed E-state index contributed by atoms with van der Waals surface area (Å²) in [5.74, 6) is -1.28. The first kappa shape index (κ1) is 36.4. The van der Waals surface area contributed by atoms with Gasteiger partial charge >= 0.3 is 12.1 Å². The van der Waals surface area contributed by atoms with Gasteiger partial charge in [0, 0.05) is 38.1 Å². The molecule has 1 aromatic rings. The Morgan fingerprint density at radius 3 is 2.44 bits per heavy atom. The first-order chi connectivity index (χ1) is 20.7. The van der Waals surface area contributed by atoms with E-state index in [0.29, 0.717) is 50.0 Å². The number of Topliss-reactive ketones (excluding diaryl/α,β-unsaturated/α-hetero) is 1. The number of ether oxygens (including phenoxy) is 4. The number of carbonyl (C=O) groups is 4. The summed E-state index contributed by atoms with van der Waals surface area (Å²) in [7, 11) is 2.97. The molecular formula is C32H47ClN2O8. The lowest BCUT2D eigenvalue weighted by molar-refractivity contribution is -0.146. The molecule has 0 heterocycles. The molecule has 1 saturated carbocycles. The number of benzene rings is 1. The van der Waals surface area contributed by atoms with Crippen LogP contribution in [0.2, 0.25) is 5.02 Å². The number of likely N-dealkylation sites (N-methyl/N-ethyl adjacent to an activating group) is 1. The van der Waals surface area contributed by atoms with Gasteiger partial charge in [-0.15, -0.1) is 0 Å². The van der Waals surface area contributed by atoms with Crippen LogP contribution in [0, 0.1) is 11.8 Å². The molecule has 240 valence electrons. The number of esters is 1. The van der Waals surface area contributed by atoms with E-state index < -0.39 is 18.0 Å². The number of amides is 2. The minimum atomic E-state index is -0.834. The number of rotatable bonds is 19. The molecule has 0 spiro atoms. The molecule has 11 heteroatoms. The monoisotopic (exact) mass is 622 g/mol. The number of hydrogen-bond donors (Lipinski definition) is 0. The summed E-state index contributed by atoms with van der Waals surface area (Å²) in [6.45, 7) is 4.29. The van der Waals surface area contributed by atoms with Crippen molar-refractivity contribution in [1.82, 2.24) is 4.90 Å². The lowest BCUT2D eigenvalue weighted by Gasteiger charge is -2.22. The first-order valence-corrected chi connectivity index (χ1v) is 15.6. The van der Waals surface area contributed by atoms with Gasteiger partial charge in [0.2, 0.25) is 5.91 Å². The van der Waals surface area contributed by atoms with Crippen molar-refractivity contribution >= 4 is 41.1 Å². The van der Waals surface area contributed by atoms with Crippen molar-refractivity contribution in [3.05, 3.63) is 34.9 Å². The third-order valence-electron chi connectivity index (χ3n) is 7.54. The minimum Gasteiger partial charge on any atom is -0.469 e. The van der Waals surface area contributed by atoms with E-state index in [1.54, 1.807) is 36.2 Å². The van der Waals surface area contributed by atoms with E-state index in [1.165, 1.54) is 7.11 Å². The molecule has 1 aliphatic rings. The number of aliphatic imine (C=N–C) groups is 1. The van der Waals surface area contributed by atoms with Crippen molar-refractivity contribution in [2.24, 2.45) is 16.8 Å². The number of halogens is 1. The van der Waals surface area contributed by atoms with E-state index in [9.17, 15) is 19.2 Å². The number of methoxy groups -OCH3 is 1. The summed E-state index contributed by atoms with van der Waals surface area (Å²) in [6.07, 6.45) is 5.39. The summed E-state index contributed by atoms with van der Waals surface area (Å²) in [4.78, 5) is 56.7. The Morgan fingerprint density at radius 2 is 1.74 bits per heavy atom. The molecule has 10 nitrogen and oxygen atoms in total. The second-order valence-electron chi connectivity index (χ2n) is 10.8. The molecule has 2 rings (SSSR count). The van der Waals surface area contributed by atoms with Gasteiger partial charge in [0.15, 0.2) is 5.78 Å². The van der Waals surface area contributed by atoms with Crippen molar-refractivity contribution < 1.29 is 38.1 Å². The lowest BCUT2D eigenvalue weighted by atomic mass is 9.84. The lowest BCUT2D eigenvalue weighted by Crippen LogP contribution is -2.31. The van der Waals surface area contributed by atoms with Crippen LogP contribution in [-0.2, 0) is 39.9 Å². The second-order valence-corrected chi connectivity index (χ2v) is 11.2. The van der Waals surface area contributed by atoms with Crippen LogP contribution in [0.15, 0.2) is 29.3 Å². The van der Waals surface area contributed by atoms with E-state index in [2.05, 4.69) is 4.99 Å². The van der Waals surface area contributed by atoms with Gasteiger partial charge in [-0.1, -0.05) is 55.8 Å². The van der Waals surface area contributed by atoms with Crippen molar-refractivity contribution in [1.29, 1.82) is 0 Å². The predicted octanol–water partition coefficient (Wildman–Crippen LogP) is 5.82. The summed E-state index contributed by atoms with van der Waals surface area (Å²) in [5.41, 5.74) is 0.887. The van der Waals surface area contributed by atoms with Crippen LogP contribution >= 0.6 is 11.6 Å². The number of hydrogen-bond acceptors (Lipinski definition) is 8. The highest BCUT2D eigenvalue weighted by Gasteiger charge is 2.26. The Hall–Kier alpha value is -2.82. The maximum Gasteiger partial charge on any atom is 0.434 e. The van der Waals surface area contributed by atoms with Gasteiger partial charge in [-0.2, -0.15) is 4.99 Å². The van der Waals surface area contributed by atoms with Crippen LogP contribution in [0.25, 0.3) is 0 Å². The minimum absolute atomic E-state index is 0.00456. The van der Waals surface area contributed by atoms with E-state index in [0.717, 1.165) is 32.1 Å². The third-order valence-corrected chi connectivity index (χ3v) is 7.78. The number of nitrogens with zero attached hydrogens (tertiary/aromatic N) is 2. The normalized spacial score (nSPS) is 14.7. The highest BCUT2D eigenvalue weighted by Crippen LogP contribution is 2.27. The Labute approximate surface area is 260 Å². The fourth-order valence-corrected chi connectivity index (χ4v) is 5.19. The van der Waals surface area contributed by atoms with Gasteiger partial charge < -0.3 is 23.8 Å². The molecule has 1 fully saturated rings. The average Bonchev–Trinajstić information content (AvgIpc) is 3.01. The molecule has 1 aromatic carbocycles. The topological polar surface area (TPSA) is 121 Å². The zero-order chi connectivity index (χ0) is 31.5. The number of ketones is 1. The van der Waals surface area contributed by atoms with Gasteiger partial charge in [-0.05, 0) is 49.8 Å². The van der Waals surface area contributed by atoms with Gasteiger partial charge in [-0.3, -0.25) is 14.4 Å². The fraction of sp³-hybridized carbons (Fsp3) is 0.656. The first-order valence-electron chi connectivity index (χ1n) is 15.2. The second kappa shape index (κ2) is 21.0. The largest absolute Gasteiger partial charge is 0.469 e. The molecule has 0 aromatic heterocycles. The molecule has 0 saturated heterocycles. The highest BCUT2D eigenvalue weighted by molar-refractivity contribution is 6.41. The molecule has 0 radical (unpaired) electrons. The molecule has 0 N–H and O–H groups in total. The molecule has 0 bridgehead atoms. The Bertz CT molecular complexity index is 1060. The van der Waals surface area contributed by atoms with E-state index in [1.807, 2.05) is 6.92 Å². The Balaban J connectivity index is 1.95. The van der Waals surface area contributed by atoms with Gasteiger partial charge in [-0.25, -0.2) is 4.79 Å². The predicted molar refractivity (Wildman–Crippen MR) is 164 cm³/mol. The Morgan fingerprint density at radius 1 is 1.02 bits per heavy atom. The quantitative estimate of drug-likeness (QED) is 0.108. The van der Waals surface area contributed by atoms with Gasteiger partial charge in [0.05, 0.1) is 38.6 Å². The summed E-state index contributed by atoms with van der Waals surface area (Å²) >= 11 is 6.01. The Kier molecular flexibility index (Phi) is 17.7. The summed E-state index contributed by atoms with van der Waals surface area (Å²) < 4.78 is 21.0. The SMILES string of the molecule is CCOCCOCCN(C)C(=O)CC[C@H](CCC(=O)/C(CC1CCCCC1)=N/C(=O)OCc1cccc(Cl)c1)C(=O)OC. The smallest absolute Gasteiger partial charge is 0.434 e. The van der Waals surface area contributed by atoms with Crippen molar-refractivity contribution in [2.75, 3.05) is 47.1 Å². The molecule has 2 amide bonds. The van der Waals surface area contributed by atoms with E-state index >= 15 is 0 Å². The van der Waals surface area contributed by atoms with E-state index in [4.69, 9.17) is 30.5 Å². The summed E-state index contributed by atoms with van der Waals surface area (Å²) in [5, 5.41) is 0.529. The standard InChI is InChI=1S/C32H47ClN2O8/c1-4-41-19-20-42-18-17-35(2)30(37)16-14-26(31(38)40-3)13-15-29(36)28(22-24-9-6-5-7-10-24)34-32(39)43-23-25-11-8-12-27(33)21-25/h8,11-12,21,24,26H,4-7,9-10,13-20,22-23H2,1-3H3/b34-28+/t26-/m0/s1. The number of carbonyl (C=O) groups excluding carboxylic acids is 4. The zero-order valence-electron chi connectivity index (χ0n) is 25.8. The van der Waals surface area contributed by atoms with Crippen LogP contribution in [0.3, 0.4) is 0 Å². The maximum atomic E-state index is 13.3. The van der Waals surface area contributed by atoms with Crippen LogP contribution in [0.4, 0.5) is 4.79 Å². The molecule has 43 heavy (non-hydrogen) atoms. The molecule has 0 aliphatic heterocycles. The van der Waals surface area contributed by atoms with Crippen LogP contribution in [0.5, 0.6) is 0 Å². The van der Waals surface area contributed by atoms with Crippen LogP contribution in [0.1, 0.15) is 76.7 Å². The maximum absolute atomic E-state index is 13.3. The highest BCUT2D eigenvalue weighted by atomic mass is 35.5. The molecular weight excluding hydrogens is 576 g/mol. The molecule has 1 aliphatic carbocycles. The van der Waals surface area contributed by atoms with Crippen molar-refractivity contribution in [2.45, 2.75) is 77.7 Å². The van der Waals surface area contributed by atoms with Crippen LogP contribution < -0.4 is 0 Å². The third kappa shape index (κ3) is 15.0.